The molecule has 0 spiro atoms. The van der Waals surface area contributed by atoms with E-state index in [1.54, 1.807) is 0 Å². The summed E-state index contributed by atoms with van der Waals surface area (Å²) in [6, 6.07) is 4.97. The van der Waals surface area contributed by atoms with Gasteiger partial charge in [0.15, 0.2) is 0 Å². The van der Waals surface area contributed by atoms with Crippen LogP contribution in [0, 0.1) is 0 Å². The quantitative estimate of drug-likeness (QED) is 0.887. The largest absolute Gasteiger partial charge is 0.374 e. The maximum Gasteiger partial charge on any atom is 0.0904 e. The van der Waals surface area contributed by atoms with Gasteiger partial charge in [-0.3, -0.25) is 4.90 Å². The standard InChI is InChI=1S/C14H24N2OS/c1-4-11-6-7-13(18-11)14-12(10-15-3)17-9-8-16(14)5-2/h6-7,12,14-15H,4-5,8-10H2,1-3H3. The number of nitrogens with one attached hydrogen (secondary N) is 1. The molecule has 18 heavy (non-hydrogen) atoms. The molecule has 1 aromatic heterocycles. The number of hydrogen-bond donors (Lipinski definition) is 1. The summed E-state index contributed by atoms with van der Waals surface area (Å²) in [4.78, 5) is 5.46. The topological polar surface area (TPSA) is 24.5 Å². The fourth-order valence-corrected chi connectivity index (χ4v) is 3.76. The van der Waals surface area contributed by atoms with E-state index in [0.29, 0.717) is 6.04 Å². The van der Waals surface area contributed by atoms with Gasteiger partial charge in [-0.05, 0) is 32.1 Å². The molecule has 0 aromatic carbocycles. The molecule has 1 fully saturated rings. The zero-order valence-electron chi connectivity index (χ0n) is 11.6. The molecule has 2 rings (SSSR count). The molecule has 102 valence electrons. The first-order valence-corrected chi connectivity index (χ1v) is 7.70. The van der Waals surface area contributed by atoms with Crippen molar-refractivity contribution in [2.24, 2.45) is 0 Å². The first kappa shape index (κ1) is 14.0. The van der Waals surface area contributed by atoms with Crippen molar-refractivity contribution in [1.29, 1.82) is 0 Å². The van der Waals surface area contributed by atoms with E-state index in [4.69, 9.17) is 4.74 Å². The van der Waals surface area contributed by atoms with Gasteiger partial charge in [-0.2, -0.15) is 0 Å². The highest BCUT2D eigenvalue weighted by Gasteiger charge is 2.33. The summed E-state index contributed by atoms with van der Waals surface area (Å²) in [6.45, 7) is 8.36. The van der Waals surface area contributed by atoms with E-state index in [0.717, 1.165) is 32.7 Å². The second-order valence-electron chi connectivity index (χ2n) is 4.70. The van der Waals surface area contributed by atoms with Crippen LogP contribution in [0.15, 0.2) is 12.1 Å². The van der Waals surface area contributed by atoms with E-state index < -0.39 is 0 Å². The number of likely N-dealkylation sites (N-methyl/N-ethyl adjacent to an activating group) is 2. The molecular weight excluding hydrogens is 244 g/mol. The predicted molar refractivity (Wildman–Crippen MR) is 77.4 cm³/mol. The van der Waals surface area contributed by atoms with Crippen LogP contribution in [-0.2, 0) is 11.2 Å². The lowest BCUT2D eigenvalue weighted by atomic mass is 10.1. The van der Waals surface area contributed by atoms with E-state index in [9.17, 15) is 0 Å². The van der Waals surface area contributed by atoms with Crippen molar-refractivity contribution < 1.29 is 4.74 Å². The molecule has 0 bridgehead atoms. The first-order valence-electron chi connectivity index (χ1n) is 6.89. The number of morpholine rings is 1. The van der Waals surface area contributed by atoms with Crippen LogP contribution in [0.5, 0.6) is 0 Å². The van der Waals surface area contributed by atoms with Crippen LogP contribution >= 0.6 is 11.3 Å². The third-order valence-electron chi connectivity index (χ3n) is 3.59. The summed E-state index contributed by atoms with van der Waals surface area (Å²) in [6.07, 6.45) is 1.40. The molecule has 2 atom stereocenters. The smallest absolute Gasteiger partial charge is 0.0904 e. The summed E-state index contributed by atoms with van der Waals surface area (Å²) in [5.41, 5.74) is 0. The van der Waals surface area contributed by atoms with Gasteiger partial charge < -0.3 is 10.1 Å². The second kappa shape index (κ2) is 6.66. The number of ether oxygens (including phenoxy) is 1. The Balaban J connectivity index is 2.21. The SMILES string of the molecule is CCc1ccc(C2C(CNC)OCCN2CC)s1. The molecule has 2 unspecified atom stereocenters. The van der Waals surface area contributed by atoms with E-state index in [1.165, 1.54) is 9.75 Å². The van der Waals surface area contributed by atoms with E-state index >= 15 is 0 Å². The molecule has 4 heteroatoms. The van der Waals surface area contributed by atoms with Gasteiger partial charge in [0.25, 0.3) is 0 Å². The molecule has 1 aromatic rings. The Bertz CT molecular complexity index is 364. The van der Waals surface area contributed by atoms with Crippen molar-refractivity contribution >= 4 is 11.3 Å². The minimum absolute atomic E-state index is 0.270. The van der Waals surface area contributed by atoms with Gasteiger partial charge in [-0.1, -0.05) is 13.8 Å². The van der Waals surface area contributed by atoms with Gasteiger partial charge in [-0.25, -0.2) is 0 Å². The van der Waals surface area contributed by atoms with Crippen molar-refractivity contribution in [1.82, 2.24) is 10.2 Å². The van der Waals surface area contributed by atoms with Crippen molar-refractivity contribution in [3.05, 3.63) is 21.9 Å². The average molecular weight is 268 g/mol. The summed E-state index contributed by atoms with van der Waals surface area (Å²) in [7, 11) is 2.00. The van der Waals surface area contributed by atoms with Crippen LogP contribution in [0.2, 0.25) is 0 Å². The average Bonchev–Trinajstić information content (AvgIpc) is 2.87. The molecule has 1 N–H and O–H groups in total. The Morgan fingerprint density at radius 2 is 2.28 bits per heavy atom. The van der Waals surface area contributed by atoms with Crippen LogP contribution in [0.3, 0.4) is 0 Å². The number of thiophene rings is 1. The van der Waals surface area contributed by atoms with Crippen molar-refractivity contribution in [3.63, 3.8) is 0 Å². The Kier molecular flexibility index (Phi) is 5.18. The third-order valence-corrected chi connectivity index (χ3v) is 4.89. The third kappa shape index (κ3) is 2.94. The van der Waals surface area contributed by atoms with Gasteiger partial charge in [0, 0.05) is 22.8 Å². The molecule has 1 aliphatic heterocycles. The van der Waals surface area contributed by atoms with Crippen molar-refractivity contribution in [2.75, 3.05) is 33.3 Å². The van der Waals surface area contributed by atoms with Gasteiger partial charge in [0.05, 0.1) is 18.8 Å². The first-order chi connectivity index (χ1) is 8.80. The molecule has 2 heterocycles. The summed E-state index contributed by atoms with van der Waals surface area (Å²) in [5, 5.41) is 3.26. The maximum atomic E-state index is 5.96. The zero-order chi connectivity index (χ0) is 13.0. The lowest BCUT2D eigenvalue weighted by molar-refractivity contribution is -0.0674. The van der Waals surface area contributed by atoms with Gasteiger partial charge in [0.2, 0.25) is 0 Å². The van der Waals surface area contributed by atoms with Crippen LogP contribution in [0.1, 0.15) is 29.6 Å². The van der Waals surface area contributed by atoms with E-state index in [2.05, 4.69) is 36.2 Å². The number of nitrogens with zero attached hydrogens (tertiary/aromatic N) is 1. The normalized spacial score (nSPS) is 25.5. The lowest BCUT2D eigenvalue weighted by Gasteiger charge is -2.40. The lowest BCUT2D eigenvalue weighted by Crippen LogP contribution is -2.48. The highest BCUT2D eigenvalue weighted by atomic mass is 32.1. The zero-order valence-corrected chi connectivity index (χ0v) is 12.4. The Labute approximate surface area is 114 Å². The van der Waals surface area contributed by atoms with E-state index in [1.807, 2.05) is 18.4 Å². The molecule has 0 saturated carbocycles. The number of hydrogen-bond acceptors (Lipinski definition) is 4. The molecule has 0 amide bonds. The van der Waals surface area contributed by atoms with Crippen LogP contribution < -0.4 is 5.32 Å². The summed E-state index contributed by atoms with van der Waals surface area (Å²) < 4.78 is 5.96. The molecule has 1 saturated heterocycles. The Morgan fingerprint density at radius 1 is 1.44 bits per heavy atom. The maximum absolute atomic E-state index is 5.96. The fourth-order valence-electron chi connectivity index (χ4n) is 2.62. The molecule has 3 nitrogen and oxygen atoms in total. The predicted octanol–water partition coefficient (Wildman–Crippen LogP) is 2.29. The fraction of sp³-hybridized carbons (Fsp3) is 0.714. The van der Waals surface area contributed by atoms with Gasteiger partial charge in [-0.15, -0.1) is 11.3 Å². The van der Waals surface area contributed by atoms with Crippen LogP contribution in [0.25, 0.3) is 0 Å². The number of aryl methyl sites for hydroxylation is 1. The van der Waals surface area contributed by atoms with E-state index in [-0.39, 0.29) is 6.10 Å². The monoisotopic (exact) mass is 268 g/mol. The van der Waals surface area contributed by atoms with Crippen LogP contribution in [-0.4, -0.2) is 44.3 Å². The van der Waals surface area contributed by atoms with Gasteiger partial charge in [0.1, 0.15) is 0 Å². The van der Waals surface area contributed by atoms with Crippen molar-refractivity contribution in [2.45, 2.75) is 32.4 Å². The minimum atomic E-state index is 0.270. The Hall–Kier alpha value is -0.420. The highest BCUT2D eigenvalue weighted by Crippen LogP contribution is 2.33. The summed E-state index contributed by atoms with van der Waals surface area (Å²) in [5.74, 6) is 0. The molecular formula is C14H24N2OS. The molecule has 0 radical (unpaired) electrons. The summed E-state index contributed by atoms with van der Waals surface area (Å²) >= 11 is 1.94. The number of rotatable bonds is 5. The van der Waals surface area contributed by atoms with Gasteiger partial charge >= 0.3 is 0 Å². The second-order valence-corrected chi connectivity index (χ2v) is 5.90. The highest BCUT2D eigenvalue weighted by molar-refractivity contribution is 7.12. The molecule has 0 aliphatic carbocycles. The minimum Gasteiger partial charge on any atom is -0.374 e. The molecule has 1 aliphatic rings. The Morgan fingerprint density at radius 3 is 2.89 bits per heavy atom. The van der Waals surface area contributed by atoms with Crippen molar-refractivity contribution in [3.8, 4) is 0 Å². The van der Waals surface area contributed by atoms with Crippen LogP contribution in [0.4, 0.5) is 0 Å².